The second-order valence-corrected chi connectivity index (χ2v) is 7.06. The zero-order chi connectivity index (χ0) is 20.3. The van der Waals surface area contributed by atoms with Gasteiger partial charge in [-0.3, -0.25) is 4.79 Å². The molecular formula is C23H20ClN3O. The summed E-state index contributed by atoms with van der Waals surface area (Å²) in [6, 6.07) is 19.0. The Kier molecular flexibility index (Phi) is 5.67. The van der Waals surface area contributed by atoms with Crippen molar-refractivity contribution in [3.05, 3.63) is 87.7 Å². The van der Waals surface area contributed by atoms with Gasteiger partial charge in [0.05, 0.1) is 0 Å². The summed E-state index contributed by atoms with van der Waals surface area (Å²) in [6.45, 7) is 5.92. The van der Waals surface area contributed by atoms with Crippen molar-refractivity contribution >= 4 is 29.3 Å². The lowest BCUT2D eigenvalue weighted by molar-refractivity contribution is -0.112. The van der Waals surface area contributed by atoms with E-state index in [9.17, 15) is 10.1 Å². The Labute approximate surface area is 169 Å². The van der Waals surface area contributed by atoms with E-state index in [1.54, 1.807) is 6.08 Å². The first-order valence-electron chi connectivity index (χ1n) is 8.83. The molecule has 1 N–H and O–H groups in total. The number of carbonyl (C=O) groups excluding carboxylic acids is 1. The number of hydrogen-bond donors (Lipinski definition) is 1. The molecule has 0 fully saturated rings. The molecule has 1 heterocycles. The molecule has 0 aliphatic rings. The van der Waals surface area contributed by atoms with Crippen molar-refractivity contribution in [1.29, 1.82) is 5.26 Å². The quantitative estimate of drug-likeness (QED) is 0.466. The molecule has 4 nitrogen and oxygen atoms in total. The number of aryl methyl sites for hydroxylation is 2. The van der Waals surface area contributed by atoms with Gasteiger partial charge in [0.15, 0.2) is 0 Å². The first-order valence-corrected chi connectivity index (χ1v) is 9.21. The van der Waals surface area contributed by atoms with Gasteiger partial charge < -0.3 is 9.88 Å². The van der Waals surface area contributed by atoms with Gasteiger partial charge in [-0.05, 0) is 74.9 Å². The molecule has 0 saturated heterocycles. The topological polar surface area (TPSA) is 57.8 Å². The van der Waals surface area contributed by atoms with Crippen LogP contribution in [0.4, 0.5) is 5.69 Å². The molecule has 0 aliphatic carbocycles. The number of hydrogen-bond acceptors (Lipinski definition) is 2. The summed E-state index contributed by atoms with van der Waals surface area (Å²) < 4.78 is 2.06. The average molecular weight is 390 g/mol. The monoisotopic (exact) mass is 389 g/mol. The summed E-state index contributed by atoms with van der Waals surface area (Å²) >= 11 is 5.98. The van der Waals surface area contributed by atoms with Crippen LogP contribution in [0.5, 0.6) is 0 Å². The van der Waals surface area contributed by atoms with Crippen molar-refractivity contribution in [3.63, 3.8) is 0 Å². The molecule has 28 heavy (non-hydrogen) atoms. The Bertz CT molecular complexity index is 1080. The lowest BCUT2D eigenvalue weighted by Gasteiger charge is -2.09. The van der Waals surface area contributed by atoms with Crippen molar-refractivity contribution in [2.45, 2.75) is 20.8 Å². The highest BCUT2D eigenvalue weighted by molar-refractivity contribution is 6.30. The van der Waals surface area contributed by atoms with Gasteiger partial charge in [0, 0.05) is 27.8 Å². The second kappa shape index (κ2) is 8.16. The summed E-state index contributed by atoms with van der Waals surface area (Å²) in [7, 11) is 0. The van der Waals surface area contributed by atoms with E-state index in [4.69, 9.17) is 11.6 Å². The molecule has 0 unspecified atom stereocenters. The summed E-state index contributed by atoms with van der Waals surface area (Å²) in [5, 5.41) is 12.9. The largest absolute Gasteiger partial charge is 0.321 e. The Balaban J connectivity index is 1.91. The van der Waals surface area contributed by atoms with Gasteiger partial charge >= 0.3 is 0 Å². The highest BCUT2D eigenvalue weighted by atomic mass is 35.5. The number of halogens is 1. The van der Waals surface area contributed by atoms with E-state index in [1.165, 1.54) is 0 Å². The van der Waals surface area contributed by atoms with Crippen LogP contribution in [-0.2, 0) is 4.79 Å². The molecule has 3 aromatic rings. The van der Waals surface area contributed by atoms with Crippen molar-refractivity contribution < 1.29 is 4.79 Å². The number of nitriles is 1. The molecule has 140 valence electrons. The van der Waals surface area contributed by atoms with Crippen LogP contribution < -0.4 is 5.32 Å². The van der Waals surface area contributed by atoms with Crippen LogP contribution in [0.15, 0.2) is 60.2 Å². The molecule has 1 aromatic heterocycles. The molecule has 0 bridgehead atoms. The predicted molar refractivity (Wildman–Crippen MR) is 114 cm³/mol. The molecule has 0 atom stereocenters. The zero-order valence-electron chi connectivity index (χ0n) is 16.0. The smallest absolute Gasteiger partial charge is 0.266 e. The summed E-state index contributed by atoms with van der Waals surface area (Å²) in [5.41, 5.74) is 5.55. The molecule has 0 spiro atoms. The van der Waals surface area contributed by atoms with Gasteiger partial charge in [-0.1, -0.05) is 29.3 Å². The molecule has 0 radical (unpaired) electrons. The summed E-state index contributed by atoms with van der Waals surface area (Å²) in [5.74, 6) is -0.428. The zero-order valence-corrected chi connectivity index (χ0v) is 16.7. The maximum atomic E-state index is 12.5. The highest BCUT2D eigenvalue weighted by Crippen LogP contribution is 2.24. The first-order chi connectivity index (χ1) is 13.4. The molecule has 2 aromatic carbocycles. The van der Waals surface area contributed by atoms with E-state index in [1.807, 2.05) is 81.4 Å². The summed E-state index contributed by atoms with van der Waals surface area (Å²) in [6.07, 6.45) is 1.62. The van der Waals surface area contributed by atoms with Gasteiger partial charge in [-0.2, -0.15) is 5.26 Å². The number of nitrogens with one attached hydrogen (secondary N) is 1. The van der Waals surface area contributed by atoms with Gasteiger partial charge in [0.1, 0.15) is 11.6 Å². The first kappa shape index (κ1) is 19.5. The van der Waals surface area contributed by atoms with Crippen molar-refractivity contribution in [1.82, 2.24) is 4.57 Å². The van der Waals surface area contributed by atoms with E-state index in [-0.39, 0.29) is 5.57 Å². The van der Waals surface area contributed by atoms with Crippen LogP contribution in [0.2, 0.25) is 5.02 Å². The molecule has 0 saturated carbocycles. The van der Waals surface area contributed by atoms with E-state index in [2.05, 4.69) is 9.88 Å². The number of nitrogens with zero attached hydrogens (tertiary/aromatic N) is 2. The third kappa shape index (κ3) is 4.16. The van der Waals surface area contributed by atoms with Crippen LogP contribution >= 0.6 is 11.6 Å². The van der Waals surface area contributed by atoms with E-state index in [0.29, 0.717) is 10.7 Å². The molecule has 5 heteroatoms. The van der Waals surface area contributed by atoms with Crippen LogP contribution in [0.25, 0.3) is 11.8 Å². The Morgan fingerprint density at radius 2 is 1.71 bits per heavy atom. The number of anilines is 1. The minimum Gasteiger partial charge on any atom is -0.321 e. The lowest BCUT2D eigenvalue weighted by atomic mass is 10.1. The standard InChI is InChI=1S/C23H20ClN3O/c1-15-4-8-21(9-5-15)26-23(28)19(14-25)13-18-12-16(2)27(17(18)3)22-10-6-20(24)7-11-22/h4-13H,1-3H3,(H,26,28)/b19-13-. The fourth-order valence-corrected chi connectivity index (χ4v) is 3.19. The fourth-order valence-electron chi connectivity index (χ4n) is 3.06. The van der Waals surface area contributed by atoms with Gasteiger partial charge in [0.25, 0.3) is 5.91 Å². The number of carbonyl (C=O) groups is 1. The van der Waals surface area contributed by atoms with Crippen LogP contribution in [0.3, 0.4) is 0 Å². The van der Waals surface area contributed by atoms with Gasteiger partial charge in [-0.25, -0.2) is 0 Å². The fraction of sp³-hybridized carbons (Fsp3) is 0.130. The predicted octanol–water partition coefficient (Wildman–Crippen LogP) is 5.60. The maximum absolute atomic E-state index is 12.5. The van der Waals surface area contributed by atoms with Crippen molar-refractivity contribution in [3.8, 4) is 11.8 Å². The van der Waals surface area contributed by atoms with Crippen LogP contribution in [-0.4, -0.2) is 10.5 Å². The molecule has 3 rings (SSSR count). The number of amides is 1. The van der Waals surface area contributed by atoms with Crippen LogP contribution in [0.1, 0.15) is 22.5 Å². The third-order valence-electron chi connectivity index (χ3n) is 4.53. The SMILES string of the molecule is Cc1ccc(NC(=O)/C(C#N)=C\c2cc(C)n(-c3ccc(Cl)cc3)c2C)cc1. The number of rotatable bonds is 4. The van der Waals surface area contributed by atoms with Crippen molar-refractivity contribution in [2.24, 2.45) is 0 Å². The summed E-state index contributed by atoms with van der Waals surface area (Å²) in [4.78, 5) is 12.5. The molecule has 1 amide bonds. The van der Waals surface area contributed by atoms with E-state index >= 15 is 0 Å². The van der Waals surface area contributed by atoms with Crippen molar-refractivity contribution in [2.75, 3.05) is 5.32 Å². The Morgan fingerprint density at radius 3 is 2.32 bits per heavy atom. The second-order valence-electron chi connectivity index (χ2n) is 6.63. The Morgan fingerprint density at radius 1 is 1.07 bits per heavy atom. The minimum atomic E-state index is -0.428. The maximum Gasteiger partial charge on any atom is 0.266 e. The van der Waals surface area contributed by atoms with Crippen LogP contribution in [0, 0.1) is 32.1 Å². The van der Waals surface area contributed by atoms with E-state index in [0.717, 1.165) is 28.2 Å². The normalized spacial score (nSPS) is 11.2. The third-order valence-corrected chi connectivity index (χ3v) is 4.78. The highest BCUT2D eigenvalue weighted by Gasteiger charge is 2.14. The van der Waals surface area contributed by atoms with Gasteiger partial charge in [0.2, 0.25) is 0 Å². The minimum absolute atomic E-state index is 0.0527. The molecular weight excluding hydrogens is 370 g/mol. The Hall–Kier alpha value is -3.29. The van der Waals surface area contributed by atoms with E-state index < -0.39 is 5.91 Å². The lowest BCUT2D eigenvalue weighted by Crippen LogP contribution is -2.13. The number of benzene rings is 2. The molecule has 0 aliphatic heterocycles. The average Bonchev–Trinajstić information content (AvgIpc) is 2.95. The number of aromatic nitrogens is 1. The van der Waals surface area contributed by atoms with Gasteiger partial charge in [-0.15, -0.1) is 0 Å².